The molecule has 0 unspecified atom stereocenters. The Balaban J connectivity index is 1.48. The summed E-state index contributed by atoms with van der Waals surface area (Å²) in [5, 5.41) is 0. The summed E-state index contributed by atoms with van der Waals surface area (Å²) in [4.78, 5) is 0.532. The van der Waals surface area contributed by atoms with Gasteiger partial charge < -0.3 is 0 Å². The molecule has 0 atom stereocenters. The fourth-order valence-corrected chi connectivity index (χ4v) is 8.31. The molecule has 5 nitrogen and oxygen atoms in total. The molecule has 6 aromatic carbocycles. The molecule has 0 amide bonds. The second kappa shape index (κ2) is 13.1. The van der Waals surface area contributed by atoms with Crippen molar-refractivity contribution >= 4 is 20.0 Å². The van der Waals surface area contributed by atoms with Crippen molar-refractivity contribution in [1.29, 1.82) is 0 Å². The molecule has 0 aliphatic rings. The van der Waals surface area contributed by atoms with Crippen LogP contribution in [-0.2, 0) is 30.6 Å². The van der Waals surface area contributed by atoms with Crippen molar-refractivity contribution in [3.63, 3.8) is 0 Å². The number of benzene rings is 6. The molecule has 236 valence electrons. The lowest BCUT2D eigenvalue weighted by molar-refractivity contribution is 0.398. The number of hydrogen-bond acceptors (Lipinski definition) is 5. The summed E-state index contributed by atoms with van der Waals surface area (Å²) in [6.45, 7) is 3.87. The Morgan fingerprint density at radius 2 is 1.06 bits per heavy atom. The Hall–Kier alpha value is -4.82. The molecule has 0 fully saturated rings. The molecule has 0 heterocycles. The predicted octanol–water partition coefficient (Wildman–Crippen LogP) is 9.06. The van der Waals surface area contributed by atoms with Crippen LogP contribution >= 0.6 is 0 Å². The van der Waals surface area contributed by atoms with Gasteiger partial charge in [-0.25, -0.2) is 8.42 Å². The highest BCUT2D eigenvalue weighted by molar-refractivity contribution is 7.91. The standard InChI is InChI=1S/C40H34O5S2/c1-28-14-21-36(34(24-28)26-30-10-6-4-7-11-30)38-23-20-33(27-39(38)46(41,42)35-12-8-5-9-13-35)31-16-18-32(19-17-31)37-22-15-29(2)25-40(37)47(43,44)45-3/h4-25,27H,26H2,1-3H3. The van der Waals surface area contributed by atoms with E-state index in [1.54, 1.807) is 48.5 Å². The molecule has 0 saturated heterocycles. The summed E-state index contributed by atoms with van der Waals surface area (Å²) in [5.41, 5.74) is 8.31. The van der Waals surface area contributed by atoms with Crippen molar-refractivity contribution < 1.29 is 21.0 Å². The maximum absolute atomic E-state index is 14.3. The van der Waals surface area contributed by atoms with Crippen LogP contribution < -0.4 is 0 Å². The molecule has 6 aromatic rings. The second-order valence-corrected chi connectivity index (χ2v) is 15.1. The van der Waals surface area contributed by atoms with Gasteiger partial charge in [-0.2, -0.15) is 8.42 Å². The minimum atomic E-state index is -3.93. The maximum Gasteiger partial charge on any atom is 0.297 e. The molecule has 0 aliphatic heterocycles. The monoisotopic (exact) mass is 658 g/mol. The smallest absolute Gasteiger partial charge is 0.270 e. The zero-order valence-corrected chi connectivity index (χ0v) is 28.0. The fraction of sp³-hybridized carbons (Fsp3) is 0.100. The van der Waals surface area contributed by atoms with E-state index in [0.717, 1.165) is 46.1 Å². The van der Waals surface area contributed by atoms with E-state index < -0.39 is 20.0 Å². The SMILES string of the molecule is COS(=O)(=O)c1cc(C)ccc1-c1ccc(-c2ccc(-c3ccc(C)cc3Cc3ccccc3)c(S(=O)(=O)c3ccccc3)c2)cc1. The van der Waals surface area contributed by atoms with E-state index in [-0.39, 0.29) is 14.7 Å². The van der Waals surface area contributed by atoms with Gasteiger partial charge in [-0.05, 0) is 83.5 Å². The molecule has 0 radical (unpaired) electrons. The van der Waals surface area contributed by atoms with Crippen LogP contribution in [0.4, 0.5) is 0 Å². The highest BCUT2D eigenvalue weighted by Gasteiger charge is 2.25. The Kier molecular flexibility index (Phi) is 8.97. The van der Waals surface area contributed by atoms with Gasteiger partial charge in [0.25, 0.3) is 10.1 Å². The molecule has 0 aliphatic carbocycles. The van der Waals surface area contributed by atoms with Crippen LogP contribution in [0.15, 0.2) is 154 Å². The van der Waals surface area contributed by atoms with Crippen LogP contribution in [0.1, 0.15) is 22.3 Å². The molecule has 0 saturated carbocycles. The molecule has 6 rings (SSSR count). The highest BCUT2D eigenvalue weighted by atomic mass is 32.2. The topological polar surface area (TPSA) is 77.5 Å². The van der Waals surface area contributed by atoms with Gasteiger partial charge in [0.1, 0.15) is 4.90 Å². The van der Waals surface area contributed by atoms with Gasteiger partial charge in [0.2, 0.25) is 9.84 Å². The van der Waals surface area contributed by atoms with Gasteiger partial charge in [-0.1, -0.05) is 121 Å². The number of rotatable bonds is 9. The molecule has 0 bridgehead atoms. The summed E-state index contributed by atoms with van der Waals surface area (Å²) < 4.78 is 58.8. The van der Waals surface area contributed by atoms with Crippen LogP contribution in [0.3, 0.4) is 0 Å². The third-order valence-electron chi connectivity index (χ3n) is 8.27. The molecular formula is C40H34O5S2. The third-order valence-corrected chi connectivity index (χ3v) is 11.4. The third kappa shape index (κ3) is 6.69. The van der Waals surface area contributed by atoms with Gasteiger partial charge in [-0.15, -0.1) is 0 Å². The van der Waals surface area contributed by atoms with Gasteiger partial charge >= 0.3 is 0 Å². The van der Waals surface area contributed by atoms with E-state index in [0.29, 0.717) is 23.1 Å². The van der Waals surface area contributed by atoms with Crippen LogP contribution in [-0.4, -0.2) is 23.9 Å². The minimum absolute atomic E-state index is 0.0951. The summed E-state index contributed by atoms with van der Waals surface area (Å²) in [6.07, 6.45) is 0.658. The van der Waals surface area contributed by atoms with E-state index >= 15 is 0 Å². The van der Waals surface area contributed by atoms with Crippen molar-refractivity contribution in [2.24, 2.45) is 0 Å². The Bertz CT molecular complexity index is 2280. The average molecular weight is 659 g/mol. The van der Waals surface area contributed by atoms with Crippen LogP contribution in [0.25, 0.3) is 33.4 Å². The first-order valence-electron chi connectivity index (χ1n) is 15.2. The first kappa shape index (κ1) is 32.1. The van der Waals surface area contributed by atoms with E-state index in [9.17, 15) is 16.8 Å². The normalized spacial score (nSPS) is 11.8. The lowest BCUT2D eigenvalue weighted by Gasteiger charge is -2.17. The van der Waals surface area contributed by atoms with Crippen molar-refractivity contribution in [3.8, 4) is 33.4 Å². The fourth-order valence-electron chi connectivity index (χ4n) is 5.83. The van der Waals surface area contributed by atoms with E-state index in [1.807, 2.05) is 86.6 Å². The lowest BCUT2D eigenvalue weighted by atomic mass is 9.92. The Morgan fingerprint density at radius 3 is 1.72 bits per heavy atom. The molecule has 0 aromatic heterocycles. The lowest BCUT2D eigenvalue weighted by Crippen LogP contribution is -2.06. The van der Waals surface area contributed by atoms with Crippen LogP contribution in [0, 0.1) is 13.8 Å². The zero-order valence-electron chi connectivity index (χ0n) is 26.3. The van der Waals surface area contributed by atoms with Crippen LogP contribution in [0.2, 0.25) is 0 Å². The second-order valence-electron chi connectivity index (χ2n) is 11.5. The van der Waals surface area contributed by atoms with Crippen molar-refractivity contribution in [2.45, 2.75) is 35.0 Å². The molecule has 7 heteroatoms. The zero-order chi connectivity index (χ0) is 33.2. The Labute approximate surface area is 277 Å². The van der Waals surface area contributed by atoms with Gasteiger partial charge in [0.05, 0.1) is 16.9 Å². The van der Waals surface area contributed by atoms with E-state index in [1.165, 1.54) is 0 Å². The Morgan fingerprint density at radius 1 is 0.511 bits per heavy atom. The minimum Gasteiger partial charge on any atom is -0.270 e. The quantitative estimate of drug-likeness (QED) is 0.145. The number of hydrogen-bond donors (Lipinski definition) is 0. The molecule has 0 spiro atoms. The first-order valence-corrected chi connectivity index (χ1v) is 18.1. The van der Waals surface area contributed by atoms with E-state index in [4.69, 9.17) is 4.18 Å². The maximum atomic E-state index is 14.3. The average Bonchev–Trinajstić information content (AvgIpc) is 3.09. The van der Waals surface area contributed by atoms with Gasteiger partial charge in [0, 0.05) is 11.1 Å². The largest absolute Gasteiger partial charge is 0.297 e. The van der Waals surface area contributed by atoms with Gasteiger partial charge in [0.15, 0.2) is 0 Å². The summed E-state index contributed by atoms with van der Waals surface area (Å²) >= 11 is 0. The van der Waals surface area contributed by atoms with Crippen molar-refractivity contribution in [1.82, 2.24) is 0 Å². The van der Waals surface area contributed by atoms with Crippen LogP contribution in [0.5, 0.6) is 0 Å². The summed E-state index contributed by atoms with van der Waals surface area (Å²) in [6, 6.07) is 43.0. The number of aryl methyl sites for hydroxylation is 2. The molecular weight excluding hydrogens is 625 g/mol. The van der Waals surface area contributed by atoms with E-state index in [2.05, 4.69) is 18.2 Å². The molecule has 0 N–H and O–H groups in total. The molecule has 47 heavy (non-hydrogen) atoms. The predicted molar refractivity (Wildman–Crippen MR) is 188 cm³/mol. The van der Waals surface area contributed by atoms with Gasteiger partial charge in [-0.3, -0.25) is 4.18 Å². The number of sulfone groups is 1. The summed E-state index contributed by atoms with van der Waals surface area (Å²) in [5.74, 6) is 0. The highest BCUT2D eigenvalue weighted by Crippen LogP contribution is 2.38. The van der Waals surface area contributed by atoms with Crippen molar-refractivity contribution in [3.05, 3.63) is 162 Å². The van der Waals surface area contributed by atoms with Crippen molar-refractivity contribution in [2.75, 3.05) is 7.11 Å². The summed E-state index contributed by atoms with van der Waals surface area (Å²) in [7, 11) is -6.69. The first-order chi connectivity index (χ1) is 22.6.